The third kappa shape index (κ3) is 4.00. The number of rotatable bonds is 6. The first-order valence-corrected chi connectivity index (χ1v) is 11.7. The van der Waals surface area contributed by atoms with Crippen molar-refractivity contribution in [3.05, 3.63) is 80.5 Å². The number of hydrogen-bond acceptors (Lipinski definition) is 4. The van der Waals surface area contributed by atoms with E-state index < -0.39 is 18.1 Å². The van der Waals surface area contributed by atoms with Gasteiger partial charge in [0.15, 0.2) is 6.04 Å². The summed E-state index contributed by atoms with van der Waals surface area (Å²) in [6, 6.07) is 16.5. The second-order valence-corrected chi connectivity index (χ2v) is 9.48. The zero-order valence-corrected chi connectivity index (χ0v) is 19.5. The molecule has 0 saturated heterocycles. The maximum Gasteiger partial charge on any atom is 0.411 e. The summed E-state index contributed by atoms with van der Waals surface area (Å²) in [5.74, 6) is -1.17. The van der Waals surface area contributed by atoms with Crippen LogP contribution in [0, 0.1) is 0 Å². The molecule has 160 valence electrons. The fourth-order valence-corrected chi connectivity index (χ4v) is 5.82. The monoisotopic (exact) mass is 499 g/mol. The molecular formula is C24H22BrNO4S. The van der Waals surface area contributed by atoms with Gasteiger partial charge < -0.3 is 9.84 Å². The molecule has 0 spiro atoms. The van der Waals surface area contributed by atoms with Crippen molar-refractivity contribution < 1.29 is 19.4 Å². The summed E-state index contributed by atoms with van der Waals surface area (Å²) in [4.78, 5) is 27.1. The fourth-order valence-electron chi connectivity index (χ4n) is 4.14. The standard InChI is InChI=1S/C24H22BrNO4S/c1-14(2)26(21(23(27)28)22-20(25)11-12-31-22)24(29)30-13-19-17-9-5-3-7-15(17)16-8-4-6-10-18(16)19/h3-12,14,19,21H,13H2,1-2H3,(H,27,28). The molecule has 0 saturated carbocycles. The molecule has 7 heteroatoms. The van der Waals surface area contributed by atoms with Gasteiger partial charge in [-0.15, -0.1) is 11.3 Å². The largest absolute Gasteiger partial charge is 0.479 e. The van der Waals surface area contributed by atoms with Gasteiger partial charge in [-0.2, -0.15) is 0 Å². The molecule has 1 aliphatic carbocycles. The number of thiophene rings is 1. The van der Waals surface area contributed by atoms with Gasteiger partial charge in [0.05, 0.1) is 4.88 Å². The van der Waals surface area contributed by atoms with Crippen LogP contribution in [0.4, 0.5) is 4.79 Å². The minimum absolute atomic E-state index is 0.0814. The van der Waals surface area contributed by atoms with Crippen LogP contribution in [0.2, 0.25) is 0 Å². The Morgan fingerprint density at radius 1 is 1.06 bits per heavy atom. The molecule has 31 heavy (non-hydrogen) atoms. The van der Waals surface area contributed by atoms with Gasteiger partial charge in [-0.05, 0) is 63.5 Å². The average molecular weight is 500 g/mol. The summed E-state index contributed by atoms with van der Waals surface area (Å²) < 4.78 is 6.41. The summed E-state index contributed by atoms with van der Waals surface area (Å²) >= 11 is 4.70. The first-order chi connectivity index (χ1) is 14.9. The summed E-state index contributed by atoms with van der Waals surface area (Å²) in [6.07, 6.45) is -0.635. The lowest BCUT2D eigenvalue weighted by Gasteiger charge is -2.31. The van der Waals surface area contributed by atoms with E-state index in [1.165, 1.54) is 16.2 Å². The first kappa shape index (κ1) is 21.6. The zero-order chi connectivity index (χ0) is 22.1. The summed E-state index contributed by atoms with van der Waals surface area (Å²) in [5.41, 5.74) is 4.52. The Morgan fingerprint density at radius 2 is 1.65 bits per heavy atom. The van der Waals surface area contributed by atoms with Crippen molar-refractivity contribution in [3.63, 3.8) is 0 Å². The number of benzene rings is 2. The lowest BCUT2D eigenvalue weighted by molar-refractivity contribution is -0.143. The average Bonchev–Trinajstić information content (AvgIpc) is 3.30. The highest BCUT2D eigenvalue weighted by Crippen LogP contribution is 2.44. The molecule has 1 aromatic heterocycles. The van der Waals surface area contributed by atoms with Crippen molar-refractivity contribution in [2.24, 2.45) is 0 Å². The topological polar surface area (TPSA) is 66.8 Å². The minimum Gasteiger partial charge on any atom is -0.479 e. The summed E-state index contributed by atoms with van der Waals surface area (Å²) in [5, 5.41) is 11.7. The van der Waals surface area contributed by atoms with Gasteiger partial charge in [0.2, 0.25) is 0 Å². The Labute approximate surface area is 193 Å². The van der Waals surface area contributed by atoms with E-state index in [1.54, 1.807) is 25.3 Å². The molecule has 4 rings (SSSR count). The Morgan fingerprint density at radius 3 is 2.13 bits per heavy atom. The maximum absolute atomic E-state index is 13.1. The van der Waals surface area contributed by atoms with Crippen molar-refractivity contribution in [1.29, 1.82) is 0 Å². The number of hydrogen-bond donors (Lipinski definition) is 1. The third-order valence-corrected chi connectivity index (χ3v) is 7.43. The number of nitrogens with zero attached hydrogens (tertiary/aromatic N) is 1. The van der Waals surface area contributed by atoms with Crippen LogP contribution in [0.25, 0.3) is 11.1 Å². The van der Waals surface area contributed by atoms with E-state index in [9.17, 15) is 14.7 Å². The molecule has 0 fully saturated rings. The quantitative estimate of drug-likeness (QED) is 0.432. The van der Waals surface area contributed by atoms with Crippen LogP contribution in [0.15, 0.2) is 64.5 Å². The number of carboxylic acids is 1. The maximum atomic E-state index is 13.1. The van der Waals surface area contributed by atoms with Crippen LogP contribution in [-0.4, -0.2) is 34.7 Å². The molecule has 0 radical (unpaired) electrons. The molecular weight excluding hydrogens is 478 g/mol. The SMILES string of the molecule is CC(C)N(C(=O)OCC1c2ccccc2-c2ccccc21)C(C(=O)O)c1sccc1Br. The highest BCUT2D eigenvalue weighted by molar-refractivity contribution is 9.10. The third-order valence-electron chi connectivity index (χ3n) is 5.51. The molecule has 1 unspecified atom stereocenters. The molecule has 3 aromatic rings. The van der Waals surface area contributed by atoms with Gasteiger partial charge in [-0.25, -0.2) is 9.59 Å². The molecule has 0 bridgehead atoms. The van der Waals surface area contributed by atoms with Crippen molar-refractivity contribution in [3.8, 4) is 11.1 Å². The predicted molar refractivity (Wildman–Crippen MR) is 124 cm³/mol. The number of halogens is 1. The number of aliphatic carboxylic acids is 1. The van der Waals surface area contributed by atoms with Crippen LogP contribution in [-0.2, 0) is 9.53 Å². The van der Waals surface area contributed by atoms with Gasteiger partial charge >= 0.3 is 12.1 Å². The zero-order valence-electron chi connectivity index (χ0n) is 17.1. The number of amides is 1. The number of fused-ring (bicyclic) bond motifs is 3. The second kappa shape index (κ2) is 8.85. The summed E-state index contributed by atoms with van der Waals surface area (Å²) in [7, 11) is 0. The number of carbonyl (C=O) groups is 2. The van der Waals surface area contributed by atoms with E-state index in [1.807, 2.05) is 24.3 Å². The molecule has 1 aliphatic rings. The molecule has 1 amide bonds. The summed E-state index contributed by atoms with van der Waals surface area (Å²) in [6.45, 7) is 3.73. The lowest BCUT2D eigenvalue weighted by atomic mass is 9.98. The molecule has 1 N–H and O–H groups in total. The van der Waals surface area contributed by atoms with Gasteiger partial charge in [-0.3, -0.25) is 4.90 Å². The Hall–Kier alpha value is -2.64. The van der Waals surface area contributed by atoms with E-state index >= 15 is 0 Å². The van der Waals surface area contributed by atoms with Crippen LogP contribution in [0.1, 0.15) is 41.8 Å². The Bertz CT molecular complexity index is 1080. The normalized spacial score (nSPS) is 13.5. The van der Waals surface area contributed by atoms with Gasteiger partial charge in [0.1, 0.15) is 6.61 Å². The van der Waals surface area contributed by atoms with Crippen LogP contribution in [0.3, 0.4) is 0 Å². The van der Waals surface area contributed by atoms with Crippen LogP contribution < -0.4 is 0 Å². The number of ether oxygens (including phenoxy) is 1. The molecule has 1 heterocycles. The highest BCUT2D eigenvalue weighted by Gasteiger charge is 2.37. The first-order valence-electron chi connectivity index (χ1n) is 9.99. The molecule has 5 nitrogen and oxygen atoms in total. The molecule has 0 aliphatic heterocycles. The highest BCUT2D eigenvalue weighted by atomic mass is 79.9. The van der Waals surface area contributed by atoms with Crippen molar-refractivity contribution in [2.45, 2.75) is 31.8 Å². The second-order valence-electron chi connectivity index (χ2n) is 7.68. The molecule has 1 atom stereocenters. The van der Waals surface area contributed by atoms with E-state index in [0.717, 1.165) is 22.3 Å². The van der Waals surface area contributed by atoms with Gasteiger partial charge in [-0.1, -0.05) is 48.5 Å². The van der Waals surface area contributed by atoms with E-state index in [2.05, 4.69) is 40.2 Å². The van der Waals surface area contributed by atoms with E-state index in [0.29, 0.717) is 9.35 Å². The molecule has 2 aromatic carbocycles. The smallest absolute Gasteiger partial charge is 0.411 e. The van der Waals surface area contributed by atoms with Crippen LogP contribution >= 0.6 is 27.3 Å². The Kier molecular flexibility index (Phi) is 6.16. The number of carboxylic acid groups (broad SMARTS) is 1. The lowest BCUT2D eigenvalue weighted by Crippen LogP contribution is -2.43. The van der Waals surface area contributed by atoms with Gasteiger partial charge in [0.25, 0.3) is 0 Å². The van der Waals surface area contributed by atoms with Crippen molar-refractivity contribution >= 4 is 39.3 Å². The van der Waals surface area contributed by atoms with Gasteiger partial charge in [0, 0.05) is 16.4 Å². The number of carbonyl (C=O) groups excluding carboxylic acids is 1. The van der Waals surface area contributed by atoms with Crippen molar-refractivity contribution in [1.82, 2.24) is 4.90 Å². The van der Waals surface area contributed by atoms with E-state index in [-0.39, 0.29) is 18.6 Å². The minimum atomic E-state index is -1.12. The predicted octanol–water partition coefficient (Wildman–Crippen LogP) is 6.30. The fraction of sp³-hybridized carbons (Fsp3) is 0.250. The van der Waals surface area contributed by atoms with Crippen molar-refractivity contribution in [2.75, 3.05) is 6.61 Å². The van der Waals surface area contributed by atoms with Crippen LogP contribution in [0.5, 0.6) is 0 Å². The Balaban J connectivity index is 1.60. The van der Waals surface area contributed by atoms with E-state index in [4.69, 9.17) is 4.74 Å².